The number of nitrogens with zero attached hydrogens (tertiary/aromatic N) is 1. The van der Waals surface area contributed by atoms with E-state index in [1.54, 1.807) is 0 Å². The van der Waals surface area contributed by atoms with E-state index in [0.29, 0.717) is 5.69 Å². The average Bonchev–Trinajstić information content (AvgIpc) is 2.80. The molecular weight excluding hydrogens is 268 g/mol. The maximum absolute atomic E-state index is 11.4. The molecule has 1 aliphatic carbocycles. The summed E-state index contributed by atoms with van der Waals surface area (Å²) in [4.78, 5) is 10.5. The maximum atomic E-state index is 11.4. The molecule has 0 amide bonds. The summed E-state index contributed by atoms with van der Waals surface area (Å²) < 4.78 is 22.8. The fourth-order valence-corrected chi connectivity index (χ4v) is 2.95. The second-order valence-electron chi connectivity index (χ2n) is 4.83. The minimum Gasteiger partial charge on any atom is -0.377 e. The Balaban J connectivity index is 2.35. The normalized spacial score (nSPS) is 16.5. The molecule has 0 unspecified atom stereocenters. The molecule has 0 spiro atoms. The molecule has 2 rings (SSSR count). The van der Waals surface area contributed by atoms with Crippen molar-refractivity contribution in [2.24, 2.45) is 0 Å². The van der Waals surface area contributed by atoms with E-state index in [2.05, 4.69) is 5.32 Å². The van der Waals surface area contributed by atoms with Gasteiger partial charge in [0.05, 0.1) is 9.82 Å². The third-order valence-corrected chi connectivity index (χ3v) is 4.42. The largest absolute Gasteiger partial charge is 0.377 e. The first-order valence-electron chi connectivity index (χ1n) is 6.13. The molecule has 0 aromatic heterocycles. The molecule has 6 nitrogen and oxygen atoms in total. The van der Waals surface area contributed by atoms with Crippen LogP contribution in [0.3, 0.4) is 0 Å². The molecule has 0 saturated heterocycles. The Hall–Kier alpha value is -1.63. The van der Waals surface area contributed by atoms with Crippen molar-refractivity contribution in [3.8, 4) is 0 Å². The second-order valence-corrected chi connectivity index (χ2v) is 6.85. The van der Waals surface area contributed by atoms with Gasteiger partial charge in [0.25, 0.3) is 5.69 Å². The van der Waals surface area contributed by atoms with Crippen LogP contribution in [0.4, 0.5) is 11.4 Å². The summed E-state index contributed by atoms with van der Waals surface area (Å²) in [5.41, 5.74) is 0.208. The zero-order chi connectivity index (χ0) is 14.0. The lowest BCUT2D eigenvalue weighted by Gasteiger charge is -2.13. The minimum atomic E-state index is -3.44. The SMILES string of the molecule is CS(=O)(=O)c1ccc(NC2CCCC2)c([N+](=O)[O-])c1. The number of nitrogens with one attached hydrogen (secondary N) is 1. The van der Waals surface area contributed by atoms with Gasteiger partial charge in [-0.25, -0.2) is 8.42 Å². The Labute approximate surface area is 111 Å². The molecule has 19 heavy (non-hydrogen) atoms. The van der Waals surface area contributed by atoms with Crippen LogP contribution in [-0.4, -0.2) is 25.6 Å². The molecule has 0 atom stereocenters. The fraction of sp³-hybridized carbons (Fsp3) is 0.500. The van der Waals surface area contributed by atoms with Crippen molar-refractivity contribution in [2.45, 2.75) is 36.6 Å². The van der Waals surface area contributed by atoms with Crippen LogP contribution in [0.1, 0.15) is 25.7 Å². The van der Waals surface area contributed by atoms with E-state index in [1.807, 2.05) is 0 Å². The van der Waals surface area contributed by atoms with Crippen molar-refractivity contribution in [2.75, 3.05) is 11.6 Å². The monoisotopic (exact) mass is 284 g/mol. The predicted molar refractivity (Wildman–Crippen MR) is 72.1 cm³/mol. The molecule has 1 aromatic carbocycles. The Kier molecular flexibility index (Phi) is 3.75. The highest BCUT2D eigenvalue weighted by atomic mass is 32.2. The minimum absolute atomic E-state index is 0.0313. The molecular formula is C12H16N2O4S. The van der Waals surface area contributed by atoms with Gasteiger partial charge in [-0.2, -0.15) is 0 Å². The maximum Gasteiger partial charge on any atom is 0.293 e. The fourth-order valence-electron chi connectivity index (χ4n) is 2.31. The number of anilines is 1. The van der Waals surface area contributed by atoms with Crippen LogP contribution < -0.4 is 5.32 Å². The van der Waals surface area contributed by atoms with Gasteiger partial charge in [0, 0.05) is 18.4 Å². The summed E-state index contributed by atoms with van der Waals surface area (Å²) >= 11 is 0. The van der Waals surface area contributed by atoms with Crippen molar-refractivity contribution in [3.63, 3.8) is 0 Å². The number of benzene rings is 1. The number of nitro benzene ring substituents is 1. The number of hydrogen-bond acceptors (Lipinski definition) is 5. The van der Waals surface area contributed by atoms with Gasteiger partial charge in [-0.3, -0.25) is 10.1 Å². The molecule has 0 heterocycles. The third-order valence-electron chi connectivity index (χ3n) is 3.31. The van der Waals surface area contributed by atoms with Crippen LogP contribution in [0.2, 0.25) is 0 Å². The van der Waals surface area contributed by atoms with Gasteiger partial charge in [0.2, 0.25) is 0 Å². The van der Waals surface area contributed by atoms with Gasteiger partial charge in [-0.15, -0.1) is 0 Å². The molecule has 7 heteroatoms. The molecule has 1 aliphatic rings. The van der Waals surface area contributed by atoms with Crippen molar-refractivity contribution < 1.29 is 13.3 Å². The van der Waals surface area contributed by atoms with Crippen LogP contribution in [0.25, 0.3) is 0 Å². The lowest BCUT2D eigenvalue weighted by atomic mass is 10.2. The Morgan fingerprint density at radius 3 is 2.47 bits per heavy atom. The first kappa shape index (κ1) is 13.8. The zero-order valence-electron chi connectivity index (χ0n) is 10.6. The van der Waals surface area contributed by atoms with Gasteiger partial charge >= 0.3 is 0 Å². The van der Waals surface area contributed by atoms with E-state index in [0.717, 1.165) is 38.0 Å². The lowest BCUT2D eigenvalue weighted by Crippen LogP contribution is -2.15. The van der Waals surface area contributed by atoms with Crippen molar-refractivity contribution in [1.29, 1.82) is 0 Å². The van der Waals surface area contributed by atoms with Crippen LogP contribution in [-0.2, 0) is 9.84 Å². The highest BCUT2D eigenvalue weighted by molar-refractivity contribution is 7.90. The molecule has 1 saturated carbocycles. The van der Waals surface area contributed by atoms with E-state index in [-0.39, 0.29) is 16.6 Å². The number of rotatable bonds is 4. The van der Waals surface area contributed by atoms with Gasteiger partial charge in [-0.1, -0.05) is 12.8 Å². The highest BCUT2D eigenvalue weighted by Crippen LogP contribution is 2.30. The summed E-state index contributed by atoms with van der Waals surface area (Å²) in [6.07, 6.45) is 5.26. The highest BCUT2D eigenvalue weighted by Gasteiger charge is 2.22. The van der Waals surface area contributed by atoms with Crippen molar-refractivity contribution in [3.05, 3.63) is 28.3 Å². The Morgan fingerprint density at radius 2 is 1.95 bits per heavy atom. The summed E-state index contributed by atoms with van der Waals surface area (Å²) in [5, 5.41) is 14.2. The topological polar surface area (TPSA) is 89.3 Å². The smallest absolute Gasteiger partial charge is 0.293 e. The molecule has 0 bridgehead atoms. The van der Waals surface area contributed by atoms with Crippen LogP contribution >= 0.6 is 0 Å². The summed E-state index contributed by atoms with van der Waals surface area (Å²) in [6.45, 7) is 0. The van der Waals surface area contributed by atoms with E-state index >= 15 is 0 Å². The summed E-state index contributed by atoms with van der Waals surface area (Å²) in [5.74, 6) is 0. The van der Waals surface area contributed by atoms with Crippen molar-refractivity contribution >= 4 is 21.2 Å². The molecule has 0 aliphatic heterocycles. The lowest BCUT2D eigenvalue weighted by molar-refractivity contribution is -0.384. The van der Waals surface area contributed by atoms with E-state index in [1.165, 1.54) is 12.1 Å². The molecule has 1 fully saturated rings. The second kappa shape index (κ2) is 5.16. The number of hydrogen-bond donors (Lipinski definition) is 1. The number of sulfone groups is 1. The van der Waals surface area contributed by atoms with Crippen LogP contribution in [0.15, 0.2) is 23.1 Å². The standard InChI is InChI=1S/C12H16N2O4S/c1-19(17,18)10-6-7-11(12(8-10)14(15)16)13-9-4-2-3-5-9/h6-9,13H,2-5H2,1H3. The summed E-state index contributed by atoms with van der Waals surface area (Å²) in [6, 6.07) is 4.24. The summed E-state index contributed by atoms with van der Waals surface area (Å²) in [7, 11) is -3.44. The Bertz CT molecular complexity index is 592. The number of nitro groups is 1. The van der Waals surface area contributed by atoms with Crippen LogP contribution in [0, 0.1) is 10.1 Å². The van der Waals surface area contributed by atoms with E-state index in [4.69, 9.17) is 0 Å². The third kappa shape index (κ3) is 3.23. The van der Waals surface area contributed by atoms with Crippen molar-refractivity contribution in [1.82, 2.24) is 0 Å². The predicted octanol–water partition coefficient (Wildman–Crippen LogP) is 2.35. The van der Waals surface area contributed by atoms with Gasteiger partial charge < -0.3 is 5.32 Å². The van der Waals surface area contributed by atoms with Gasteiger partial charge in [-0.05, 0) is 25.0 Å². The first-order valence-corrected chi connectivity index (χ1v) is 8.02. The van der Waals surface area contributed by atoms with E-state index in [9.17, 15) is 18.5 Å². The molecule has 1 aromatic rings. The molecule has 1 N–H and O–H groups in total. The zero-order valence-corrected chi connectivity index (χ0v) is 11.4. The quantitative estimate of drug-likeness (QED) is 0.677. The molecule has 104 valence electrons. The van der Waals surface area contributed by atoms with Crippen LogP contribution in [0.5, 0.6) is 0 Å². The van der Waals surface area contributed by atoms with E-state index < -0.39 is 14.8 Å². The van der Waals surface area contributed by atoms with Gasteiger partial charge in [0.1, 0.15) is 5.69 Å². The van der Waals surface area contributed by atoms with Gasteiger partial charge in [0.15, 0.2) is 9.84 Å². The Morgan fingerprint density at radius 1 is 1.32 bits per heavy atom. The molecule has 0 radical (unpaired) electrons. The first-order chi connectivity index (χ1) is 8.88. The average molecular weight is 284 g/mol.